The molecule has 6 nitrogen and oxygen atoms in total. The van der Waals surface area contributed by atoms with Crippen LogP contribution in [0.15, 0.2) is 28.7 Å². The van der Waals surface area contributed by atoms with Crippen molar-refractivity contribution in [1.29, 1.82) is 0 Å². The number of hydrogen-bond donors (Lipinski definition) is 1. The van der Waals surface area contributed by atoms with E-state index in [9.17, 15) is 9.59 Å². The summed E-state index contributed by atoms with van der Waals surface area (Å²) in [6, 6.07) is 7.34. The van der Waals surface area contributed by atoms with Crippen LogP contribution in [0.4, 0.5) is 0 Å². The molecule has 0 saturated carbocycles. The molecule has 0 aromatic heterocycles. The summed E-state index contributed by atoms with van der Waals surface area (Å²) in [5, 5.41) is 0. The van der Waals surface area contributed by atoms with Crippen molar-refractivity contribution in [3.8, 4) is 5.75 Å². The predicted octanol–water partition coefficient (Wildman–Crippen LogP) is 0.848. The second kappa shape index (κ2) is 8.14. The van der Waals surface area contributed by atoms with E-state index in [1.807, 2.05) is 12.1 Å². The lowest BCUT2D eigenvalue weighted by molar-refractivity contribution is -0.140. The molecule has 0 atom stereocenters. The van der Waals surface area contributed by atoms with Gasteiger partial charge in [-0.25, -0.2) is 0 Å². The molecule has 0 spiro atoms. The largest absolute Gasteiger partial charge is 0.484 e. The number of carbonyl (C=O) groups is 2. The molecule has 1 saturated heterocycles. The van der Waals surface area contributed by atoms with Gasteiger partial charge in [-0.1, -0.05) is 15.9 Å². The Morgan fingerprint density at radius 1 is 1.05 bits per heavy atom. The maximum atomic E-state index is 12.1. The Balaban J connectivity index is 1.75. The highest BCUT2D eigenvalue weighted by atomic mass is 79.9. The highest BCUT2D eigenvalue weighted by Gasteiger charge is 2.23. The minimum atomic E-state index is -0.0613. The van der Waals surface area contributed by atoms with E-state index in [-0.39, 0.29) is 18.4 Å². The van der Waals surface area contributed by atoms with Crippen LogP contribution in [0.5, 0.6) is 5.75 Å². The van der Waals surface area contributed by atoms with E-state index < -0.39 is 0 Å². The first kappa shape index (κ1) is 16.8. The zero-order chi connectivity index (χ0) is 15.9. The summed E-state index contributed by atoms with van der Waals surface area (Å²) in [7, 11) is 0. The van der Waals surface area contributed by atoms with Crippen molar-refractivity contribution in [2.45, 2.75) is 6.42 Å². The molecule has 2 N–H and O–H groups in total. The molecule has 22 heavy (non-hydrogen) atoms. The molecule has 120 valence electrons. The lowest BCUT2D eigenvalue weighted by Gasteiger charge is -2.34. The van der Waals surface area contributed by atoms with Gasteiger partial charge in [0.05, 0.1) is 0 Å². The number of halogens is 1. The summed E-state index contributed by atoms with van der Waals surface area (Å²) >= 11 is 3.35. The van der Waals surface area contributed by atoms with Crippen molar-refractivity contribution in [2.24, 2.45) is 5.73 Å². The van der Waals surface area contributed by atoms with Gasteiger partial charge in [-0.05, 0) is 24.3 Å². The van der Waals surface area contributed by atoms with Gasteiger partial charge in [0.2, 0.25) is 5.91 Å². The topological polar surface area (TPSA) is 75.9 Å². The Labute approximate surface area is 138 Å². The van der Waals surface area contributed by atoms with E-state index in [1.165, 1.54) is 0 Å². The normalized spacial score (nSPS) is 14.8. The second-order valence-corrected chi connectivity index (χ2v) is 5.96. The average molecular weight is 370 g/mol. The van der Waals surface area contributed by atoms with Gasteiger partial charge in [-0.2, -0.15) is 0 Å². The number of amides is 2. The summed E-state index contributed by atoms with van der Waals surface area (Å²) in [5.74, 6) is 0.655. The third-order valence-electron chi connectivity index (χ3n) is 3.52. The Morgan fingerprint density at radius 3 is 2.14 bits per heavy atom. The number of piperazine rings is 1. The van der Waals surface area contributed by atoms with E-state index in [4.69, 9.17) is 10.5 Å². The van der Waals surface area contributed by atoms with Gasteiger partial charge in [-0.15, -0.1) is 0 Å². The smallest absolute Gasteiger partial charge is 0.260 e. The number of carbonyl (C=O) groups excluding carboxylic acids is 2. The van der Waals surface area contributed by atoms with Gasteiger partial charge < -0.3 is 20.3 Å². The summed E-state index contributed by atoms with van der Waals surface area (Å²) in [4.78, 5) is 27.3. The molecule has 7 heteroatoms. The number of rotatable bonds is 5. The standard InChI is InChI=1S/C15H20BrN3O3/c16-12-1-3-13(4-2-12)22-11-15(21)19-9-7-18(8-10-19)14(20)5-6-17/h1-4H,5-11,17H2. The Kier molecular flexibility index (Phi) is 6.21. The molecule has 1 aromatic rings. The molecule has 0 aliphatic carbocycles. The summed E-state index contributed by atoms with van der Waals surface area (Å²) in [6.45, 7) is 2.57. The second-order valence-electron chi connectivity index (χ2n) is 5.04. The highest BCUT2D eigenvalue weighted by Crippen LogP contribution is 2.16. The molecule has 1 heterocycles. The van der Waals surface area contributed by atoms with Gasteiger partial charge in [0.25, 0.3) is 5.91 Å². The molecule has 1 aliphatic heterocycles. The first-order valence-corrected chi connectivity index (χ1v) is 8.03. The SMILES string of the molecule is NCCC(=O)N1CCN(C(=O)COc2ccc(Br)cc2)CC1. The average Bonchev–Trinajstić information content (AvgIpc) is 2.54. The van der Waals surface area contributed by atoms with Crippen LogP contribution < -0.4 is 10.5 Å². The number of benzene rings is 1. The lowest BCUT2D eigenvalue weighted by atomic mass is 10.2. The van der Waals surface area contributed by atoms with Gasteiger partial charge in [0.1, 0.15) is 5.75 Å². The number of nitrogens with two attached hydrogens (primary N) is 1. The van der Waals surface area contributed by atoms with Crippen LogP contribution in [-0.4, -0.2) is 60.9 Å². The van der Waals surface area contributed by atoms with Crippen LogP contribution in [0, 0.1) is 0 Å². The van der Waals surface area contributed by atoms with Crippen LogP contribution in [0.3, 0.4) is 0 Å². The van der Waals surface area contributed by atoms with E-state index in [0.717, 1.165) is 4.47 Å². The molecule has 1 aromatic carbocycles. The van der Waals surface area contributed by atoms with Crippen LogP contribution in [0.1, 0.15) is 6.42 Å². The van der Waals surface area contributed by atoms with Gasteiger partial charge in [-0.3, -0.25) is 9.59 Å². The third kappa shape index (κ3) is 4.71. The maximum Gasteiger partial charge on any atom is 0.260 e. The van der Waals surface area contributed by atoms with Crippen molar-refractivity contribution < 1.29 is 14.3 Å². The maximum absolute atomic E-state index is 12.1. The molecule has 2 rings (SSSR count). The first-order chi connectivity index (χ1) is 10.6. The molecule has 0 unspecified atom stereocenters. The summed E-state index contributed by atoms with van der Waals surface area (Å²) in [5.41, 5.74) is 5.38. The van der Waals surface area contributed by atoms with E-state index in [0.29, 0.717) is 44.9 Å². The Bertz CT molecular complexity index is 513. The molecular formula is C15H20BrN3O3. The number of ether oxygens (including phenoxy) is 1. The zero-order valence-electron chi connectivity index (χ0n) is 12.3. The zero-order valence-corrected chi connectivity index (χ0v) is 13.9. The monoisotopic (exact) mass is 369 g/mol. The fourth-order valence-electron chi connectivity index (χ4n) is 2.25. The van der Waals surface area contributed by atoms with Crippen LogP contribution in [0.25, 0.3) is 0 Å². The van der Waals surface area contributed by atoms with Crippen molar-refractivity contribution in [2.75, 3.05) is 39.3 Å². The van der Waals surface area contributed by atoms with Crippen molar-refractivity contribution >= 4 is 27.7 Å². The predicted molar refractivity (Wildman–Crippen MR) is 86.5 cm³/mol. The van der Waals surface area contributed by atoms with Crippen molar-refractivity contribution in [3.05, 3.63) is 28.7 Å². The third-order valence-corrected chi connectivity index (χ3v) is 4.05. The van der Waals surface area contributed by atoms with Gasteiger partial charge in [0.15, 0.2) is 6.61 Å². The number of hydrogen-bond acceptors (Lipinski definition) is 4. The van der Waals surface area contributed by atoms with E-state index >= 15 is 0 Å². The molecular weight excluding hydrogens is 350 g/mol. The Hall–Kier alpha value is -1.60. The molecule has 1 fully saturated rings. The van der Waals surface area contributed by atoms with Gasteiger partial charge >= 0.3 is 0 Å². The minimum absolute atomic E-state index is 0.0123. The van der Waals surface area contributed by atoms with Crippen LogP contribution >= 0.6 is 15.9 Å². The highest BCUT2D eigenvalue weighted by molar-refractivity contribution is 9.10. The molecule has 1 aliphatic rings. The van der Waals surface area contributed by atoms with Crippen molar-refractivity contribution in [3.63, 3.8) is 0 Å². The summed E-state index contributed by atoms with van der Waals surface area (Å²) in [6.07, 6.45) is 0.362. The fourth-order valence-corrected chi connectivity index (χ4v) is 2.52. The van der Waals surface area contributed by atoms with Crippen LogP contribution in [0.2, 0.25) is 0 Å². The van der Waals surface area contributed by atoms with Crippen molar-refractivity contribution in [1.82, 2.24) is 9.80 Å². The molecule has 0 bridgehead atoms. The van der Waals surface area contributed by atoms with E-state index in [1.54, 1.807) is 21.9 Å². The minimum Gasteiger partial charge on any atom is -0.484 e. The summed E-state index contributed by atoms with van der Waals surface area (Å²) < 4.78 is 6.44. The quantitative estimate of drug-likeness (QED) is 0.834. The fraction of sp³-hybridized carbons (Fsp3) is 0.467. The number of nitrogens with zero attached hydrogens (tertiary/aromatic N) is 2. The molecule has 2 amide bonds. The molecule has 0 radical (unpaired) electrons. The van der Waals surface area contributed by atoms with Crippen LogP contribution in [-0.2, 0) is 9.59 Å². The first-order valence-electron chi connectivity index (χ1n) is 7.24. The Morgan fingerprint density at radius 2 is 1.59 bits per heavy atom. The van der Waals surface area contributed by atoms with Gasteiger partial charge in [0, 0.05) is 43.6 Å². The lowest BCUT2D eigenvalue weighted by Crippen LogP contribution is -2.51. The van der Waals surface area contributed by atoms with E-state index in [2.05, 4.69) is 15.9 Å².